The van der Waals surface area contributed by atoms with Crippen LogP contribution in [-0.2, 0) is 5.75 Å². The lowest BCUT2D eigenvalue weighted by Crippen LogP contribution is -1.92. The van der Waals surface area contributed by atoms with Gasteiger partial charge in [0.05, 0.1) is 7.11 Å². The van der Waals surface area contributed by atoms with Crippen molar-refractivity contribution in [2.75, 3.05) is 7.11 Å². The Kier molecular flexibility index (Phi) is 3.33. The van der Waals surface area contributed by atoms with Gasteiger partial charge >= 0.3 is 0 Å². The van der Waals surface area contributed by atoms with Crippen molar-refractivity contribution in [3.8, 4) is 5.75 Å². The highest BCUT2D eigenvalue weighted by Gasteiger charge is 2.01. The van der Waals surface area contributed by atoms with Crippen LogP contribution in [-0.4, -0.2) is 26.9 Å². The van der Waals surface area contributed by atoms with Crippen molar-refractivity contribution in [2.24, 2.45) is 0 Å². The van der Waals surface area contributed by atoms with E-state index >= 15 is 0 Å². The maximum absolute atomic E-state index is 5.13. The Morgan fingerprint density at radius 1 is 1.16 bits per heavy atom. The number of ether oxygens (including phenoxy) is 1. The van der Waals surface area contributed by atoms with Gasteiger partial charge in [0, 0.05) is 5.75 Å². The lowest BCUT2D eigenvalue weighted by Gasteiger charge is -2.03. The molecular formula is C13H12N4OS. The van der Waals surface area contributed by atoms with E-state index in [1.165, 1.54) is 5.56 Å². The molecule has 2 heterocycles. The third kappa shape index (κ3) is 2.68. The highest BCUT2D eigenvalue weighted by molar-refractivity contribution is 7.98. The second-order valence-electron chi connectivity index (χ2n) is 3.94. The lowest BCUT2D eigenvalue weighted by molar-refractivity contribution is 0.414. The minimum Gasteiger partial charge on any atom is -0.497 e. The van der Waals surface area contributed by atoms with Crippen molar-refractivity contribution in [1.82, 2.24) is 19.8 Å². The van der Waals surface area contributed by atoms with E-state index in [4.69, 9.17) is 4.74 Å². The fourth-order valence-corrected chi connectivity index (χ4v) is 2.48. The molecule has 1 aromatic carbocycles. The van der Waals surface area contributed by atoms with Crippen LogP contribution in [0.3, 0.4) is 0 Å². The normalized spacial score (nSPS) is 10.8. The zero-order valence-electron chi connectivity index (χ0n) is 10.4. The monoisotopic (exact) mass is 272 g/mol. The maximum Gasteiger partial charge on any atom is 0.177 e. The van der Waals surface area contributed by atoms with Crippen LogP contribution in [0, 0.1) is 0 Å². The van der Waals surface area contributed by atoms with Crippen molar-refractivity contribution in [3.05, 3.63) is 48.3 Å². The molecule has 0 amide bonds. The number of fused-ring (bicyclic) bond motifs is 1. The van der Waals surface area contributed by atoms with Crippen LogP contribution in [0.4, 0.5) is 0 Å². The van der Waals surface area contributed by atoms with Gasteiger partial charge in [-0.3, -0.25) is 0 Å². The largest absolute Gasteiger partial charge is 0.497 e. The summed E-state index contributed by atoms with van der Waals surface area (Å²) in [6.07, 6.45) is 1.60. The summed E-state index contributed by atoms with van der Waals surface area (Å²) in [5.74, 6) is 1.74. The summed E-state index contributed by atoms with van der Waals surface area (Å²) in [6.45, 7) is 0. The van der Waals surface area contributed by atoms with Gasteiger partial charge in [0.25, 0.3) is 0 Å². The van der Waals surface area contributed by atoms with Gasteiger partial charge in [-0.05, 0) is 29.8 Å². The number of nitrogens with zero attached hydrogens (tertiary/aromatic N) is 4. The number of rotatable bonds is 4. The molecule has 0 radical (unpaired) electrons. The summed E-state index contributed by atoms with van der Waals surface area (Å²) >= 11 is 1.68. The number of methoxy groups -OCH3 is 1. The predicted octanol–water partition coefficient (Wildman–Crippen LogP) is 2.43. The fraction of sp³-hybridized carbons (Fsp3) is 0.154. The van der Waals surface area contributed by atoms with Gasteiger partial charge in [-0.25, -0.2) is 0 Å². The van der Waals surface area contributed by atoms with Gasteiger partial charge in [0.15, 0.2) is 5.65 Å². The van der Waals surface area contributed by atoms with E-state index in [-0.39, 0.29) is 0 Å². The number of hydrogen-bond donors (Lipinski definition) is 0. The standard InChI is InChI=1S/C13H12N4OS/c1-18-11-4-2-10(3-5-11)8-19-13-7-6-12-15-14-9-17(12)16-13/h2-7,9H,8H2,1H3. The van der Waals surface area contributed by atoms with Crippen molar-refractivity contribution >= 4 is 17.4 Å². The SMILES string of the molecule is COc1ccc(CSc2ccc3nncn3n2)cc1. The van der Waals surface area contributed by atoms with E-state index in [9.17, 15) is 0 Å². The van der Waals surface area contributed by atoms with E-state index in [1.807, 2.05) is 24.3 Å². The quantitative estimate of drug-likeness (QED) is 0.683. The maximum atomic E-state index is 5.13. The summed E-state index contributed by atoms with van der Waals surface area (Å²) in [5.41, 5.74) is 1.99. The van der Waals surface area contributed by atoms with Gasteiger partial charge in [0.1, 0.15) is 17.1 Å². The molecular weight excluding hydrogens is 260 g/mol. The molecule has 0 unspecified atom stereocenters. The average Bonchev–Trinajstić information content (AvgIpc) is 2.93. The van der Waals surface area contributed by atoms with Gasteiger partial charge in [-0.15, -0.1) is 10.2 Å². The first-order chi connectivity index (χ1) is 9.35. The lowest BCUT2D eigenvalue weighted by atomic mass is 10.2. The third-order valence-corrected chi connectivity index (χ3v) is 3.67. The second kappa shape index (κ2) is 5.27. The van der Waals surface area contributed by atoms with Crippen LogP contribution in [0.25, 0.3) is 5.65 Å². The summed E-state index contributed by atoms with van der Waals surface area (Å²) in [5, 5.41) is 13.1. The van der Waals surface area contributed by atoms with E-state index in [1.54, 1.807) is 29.7 Å². The van der Waals surface area contributed by atoms with Crippen LogP contribution in [0.5, 0.6) is 5.75 Å². The zero-order chi connectivity index (χ0) is 13.1. The first kappa shape index (κ1) is 12.0. The summed E-state index contributed by atoms with van der Waals surface area (Å²) in [6, 6.07) is 11.9. The Labute approximate surface area is 114 Å². The molecule has 0 saturated heterocycles. The van der Waals surface area contributed by atoms with Crippen molar-refractivity contribution in [1.29, 1.82) is 0 Å². The summed E-state index contributed by atoms with van der Waals surface area (Å²) < 4.78 is 6.81. The van der Waals surface area contributed by atoms with E-state index in [0.717, 1.165) is 22.2 Å². The van der Waals surface area contributed by atoms with Gasteiger partial charge in [-0.2, -0.15) is 9.61 Å². The van der Waals surface area contributed by atoms with Gasteiger partial charge < -0.3 is 4.74 Å². The molecule has 0 aliphatic carbocycles. The molecule has 0 fully saturated rings. The molecule has 0 N–H and O–H groups in total. The summed E-state index contributed by atoms with van der Waals surface area (Å²) in [7, 11) is 1.67. The van der Waals surface area contributed by atoms with E-state index in [0.29, 0.717) is 0 Å². The van der Waals surface area contributed by atoms with Crippen LogP contribution >= 0.6 is 11.8 Å². The first-order valence-electron chi connectivity index (χ1n) is 5.78. The number of thioether (sulfide) groups is 1. The second-order valence-corrected chi connectivity index (χ2v) is 4.94. The average molecular weight is 272 g/mol. The Bertz CT molecular complexity index is 680. The minimum absolute atomic E-state index is 0.758. The Hall–Kier alpha value is -2.08. The first-order valence-corrected chi connectivity index (χ1v) is 6.76. The molecule has 6 heteroatoms. The highest BCUT2D eigenvalue weighted by atomic mass is 32.2. The van der Waals surface area contributed by atoms with Crippen molar-refractivity contribution in [2.45, 2.75) is 10.8 Å². The molecule has 0 aliphatic heterocycles. The molecule has 0 aliphatic rings. The molecule has 3 aromatic rings. The Balaban J connectivity index is 1.70. The van der Waals surface area contributed by atoms with Crippen LogP contribution in [0.15, 0.2) is 47.8 Å². The third-order valence-electron chi connectivity index (χ3n) is 2.68. The van der Waals surface area contributed by atoms with Crippen molar-refractivity contribution in [3.63, 3.8) is 0 Å². The molecule has 0 bridgehead atoms. The Morgan fingerprint density at radius 2 is 2.00 bits per heavy atom. The number of benzene rings is 1. The molecule has 2 aromatic heterocycles. The molecule has 3 rings (SSSR count). The molecule has 0 spiro atoms. The van der Waals surface area contributed by atoms with Crippen LogP contribution in [0.1, 0.15) is 5.56 Å². The molecule has 0 saturated carbocycles. The van der Waals surface area contributed by atoms with Gasteiger partial charge in [-0.1, -0.05) is 23.9 Å². The highest BCUT2D eigenvalue weighted by Crippen LogP contribution is 2.22. The topological polar surface area (TPSA) is 52.3 Å². The van der Waals surface area contributed by atoms with Gasteiger partial charge in [0.2, 0.25) is 0 Å². The summed E-state index contributed by atoms with van der Waals surface area (Å²) in [4.78, 5) is 0. The Morgan fingerprint density at radius 3 is 2.79 bits per heavy atom. The number of aromatic nitrogens is 4. The van der Waals surface area contributed by atoms with Crippen LogP contribution < -0.4 is 4.74 Å². The molecule has 5 nitrogen and oxygen atoms in total. The molecule has 0 atom stereocenters. The molecule has 96 valence electrons. The van der Waals surface area contributed by atoms with E-state index in [2.05, 4.69) is 27.4 Å². The molecule has 19 heavy (non-hydrogen) atoms. The predicted molar refractivity (Wildman–Crippen MR) is 73.3 cm³/mol. The zero-order valence-corrected chi connectivity index (χ0v) is 11.2. The fourth-order valence-electron chi connectivity index (χ4n) is 1.67. The van der Waals surface area contributed by atoms with Crippen LogP contribution in [0.2, 0.25) is 0 Å². The van der Waals surface area contributed by atoms with Crippen molar-refractivity contribution < 1.29 is 4.74 Å². The minimum atomic E-state index is 0.758. The van der Waals surface area contributed by atoms with E-state index < -0.39 is 0 Å². The smallest absolute Gasteiger partial charge is 0.177 e. The number of hydrogen-bond acceptors (Lipinski definition) is 5.